The highest BCUT2D eigenvalue weighted by Crippen LogP contribution is 2.33. The van der Waals surface area contributed by atoms with Crippen LogP contribution in [0, 0.1) is 0 Å². The molecule has 0 aliphatic rings. The summed E-state index contributed by atoms with van der Waals surface area (Å²) in [4.78, 5) is 24.6. The van der Waals surface area contributed by atoms with Gasteiger partial charge in [0.15, 0.2) is 5.78 Å². The fourth-order valence-corrected chi connectivity index (χ4v) is 4.14. The van der Waals surface area contributed by atoms with Gasteiger partial charge in [0.05, 0.1) is 11.1 Å². The highest BCUT2D eigenvalue weighted by atomic mass is 32.2. The van der Waals surface area contributed by atoms with Gasteiger partial charge in [-0.05, 0) is 67.9 Å². The Morgan fingerprint density at radius 3 is 2.33 bits per heavy atom. The Bertz CT molecular complexity index is 1120. The lowest BCUT2D eigenvalue weighted by atomic mass is 10.0. The van der Waals surface area contributed by atoms with E-state index in [4.69, 9.17) is 14.6 Å². The number of aromatic carboxylic acids is 1. The zero-order valence-corrected chi connectivity index (χ0v) is 19.4. The molecule has 7 heteroatoms. The lowest BCUT2D eigenvalue weighted by molar-refractivity contribution is 0.0696. The van der Waals surface area contributed by atoms with Crippen LogP contribution in [0.3, 0.4) is 0 Å². The summed E-state index contributed by atoms with van der Waals surface area (Å²) in [5.41, 5.74) is 1.19. The van der Waals surface area contributed by atoms with Crippen molar-refractivity contribution in [2.24, 2.45) is 0 Å². The fourth-order valence-electron chi connectivity index (χ4n) is 3.27. The molecule has 3 aromatic rings. The Morgan fingerprint density at radius 1 is 0.939 bits per heavy atom. The Morgan fingerprint density at radius 2 is 1.67 bits per heavy atom. The van der Waals surface area contributed by atoms with E-state index >= 15 is 0 Å². The number of carboxylic acids is 1. The van der Waals surface area contributed by atoms with Gasteiger partial charge in [-0.3, -0.25) is 4.79 Å². The van der Waals surface area contributed by atoms with E-state index in [1.807, 2.05) is 31.2 Å². The Hall–Kier alpha value is -3.45. The number of hydrogen-bond donors (Lipinski definition) is 2. The van der Waals surface area contributed by atoms with Crippen LogP contribution in [0.4, 0.5) is 0 Å². The van der Waals surface area contributed by atoms with Crippen LogP contribution >= 0.6 is 11.8 Å². The molecule has 0 saturated heterocycles. The number of carbonyl (C=O) groups is 2. The van der Waals surface area contributed by atoms with E-state index in [0.717, 1.165) is 16.2 Å². The Kier molecular flexibility index (Phi) is 8.38. The molecule has 0 aromatic heterocycles. The number of benzene rings is 3. The van der Waals surface area contributed by atoms with Crippen molar-refractivity contribution in [2.75, 3.05) is 13.2 Å². The van der Waals surface area contributed by atoms with E-state index < -0.39 is 5.97 Å². The quantitative estimate of drug-likeness (QED) is 0.270. The van der Waals surface area contributed by atoms with Crippen molar-refractivity contribution in [3.8, 4) is 17.2 Å². The number of Topliss-reactive ketones (excluding diaryl/α,β-unsaturated/α-hetero) is 1. The van der Waals surface area contributed by atoms with Crippen LogP contribution in [-0.4, -0.2) is 35.2 Å². The third-order valence-corrected chi connectivity index (χ3v) is 5.87. The van der Waals surface area contributed by atoms with E-state index in [9.17, 15) is 14.7 Å². The van der Waals surface area contributed by atoms with Gasteiger partial charge in [0.1, 0.15) is 30.5 Å². The molecule has 0 atom stereocenters. The Labute approximate surface area is 197 Å². The van der Waals surface area contributed by atoms with Crippen molar-refractivity contribution in [2.45, 2.75) is 36.5 Å². The minimum atomic E-state index is -0.948. The zero-order valence-electron chi connectivity index (χ0n) is 18.5. The van der Waals surface area contributed by atoms with Crippen LogP contribution in [0.5, 0.6) is 17.2 Å². The van der Waals surface area contributed by atoms with Gasteiger partial charge in [-0.1, -0.05) is 31.2 Å². The SMILES string of the molecule is CCCc1c(OCCOc2cccc(Sc3ccc(C(=O)O)cc3)c2)ccc(C(C)=O)c1O. The van der Waals surface area contributed by atoms with Crippen LogP contribution in [0.15, 0.2) is 70.5 Å². The maximum Gasteiger partial charge on any atom is 0.335 e. The average Bonchev–Trinajstić information content (AvgIpc) is 2.79. The van der Waals surface area contributed by atoms with Crippen molar-refractivity contribution in [3.63, 3.8) is 0 Å². The molecule has 6 nitrogen and oxygen atoms in total. The molecule has 3 aromatic carbocycles. The molecule has 0 heterocycles. The van der Waals surface area contributed by atoms with E-state index in [2.05, 4.69) is 0 Å². The molecular formula is C26H26O6S. The monoisotopic (exact) mass is 466 g/mol. The molecule has 172 valence electrons. The summed E-state index contributed by atoms with van der Waals surface area (Å²) in [5.74, 6) is 0.0987. The maximum atomic E-state index is 11.7. The minimum absolute atomic E-state index is 0.0103. The van der Waals surface area contributed by atoms with Crippen LogP contribution in [0.25, 0.3) is 0 Å². The van der Waals surface area contributed by atoms with Crippen LogP contribution < -0.4 is 9.47 Å². The molecule has 0 aliphatic heterocycles. The standard InChI is InChI=1S/C26H26O6S/c1-3-5-23-24(13-12-22(17(2)27)25(23)28)32-15-14-31-19-6-4-7-21(16-19)33-20-10-8-18(9-11-20)26(29)30/h4,6-13,16,28H,3,5,14-15H2,1-2H3,(H,29,30). The summed E-state index contributed by atoms with van der Waals surface area (Å²) in [6.45, 7) is 4.01. The van der Waals surface area contributed by atoms with Gasteiger partial charge in [0, 0.05) is 15.4 Å². The largest absolute Gasteiger partial charge is 0.507 e. The van der Waals surface area contributed by atoms with Gasteiger partial charge < -0.3 is 19.7 Å². The van der Waals surface area contributed by atoms with E-state index in [1.165, 1.54) is 18.7 Å². The number of carbonyl (C=O) groups excluding carboxylic acids is 1. The Balaban J connectivity index is 1.58. The van der Waals surface area contributed by atoms with Crippen molar-refractivity contribution in [3.05, 3.63) is 77.4 Å². The van der Waals surface area contributed by atoms with Crippen molar-refractivity contribution >= 4 is 23.5 Å². The molecule has 0 amide bonds. The number of phenolic OH excluding ortho intramolecular Hbond substituents is 1. The van der Waals surface area contributed by atoms with E-state index in [-0.39, 0.29) is 23.7 Å². The fraction of sp³-hybridized carbons (Fsp3) is 0.231. The summed E-state index contributed by atoms with van der Waals surface area (Å²) in [7, 11) is 0. The van der Waals surface area contributed by atoms with E-state index in [0.29, 0.717) is 35.7 Å². The number of carboxylic acid groups (broad SMARTS) is 1. The molecular weight excluding hydrogens is 440 g/mol. The van der Waals surface area contributed by atoms with Gasteiger partial charge >= 0.3 is 5.97 Å². The summed E-state index contributed by atoms with van der Waals surface area (Å²) in [6, 6.07) is 17.6. The van der Waals surface area contributed by atoms with Crippen molar-refractivity contribution in [1.29, 1.82) is 0 Å². The second kappa shape index (κ2) is 11.4. The molecule has 0 radical (unpaired) electrons. The number of aromatic hydroxyl groups is 1. The van der Waals surface area contributed by atoms with Gasteiger partial charge in [0.2, 0.25) is 0 Å². The van der Waals surface area contributed by atoms with Crippen LogP contribution in [0.1, 0.15) is 46.5 Å². The molecule has 33 heavy (non-hydrogen) atoms. The zero-order chi connectivity index (χ0) is 23.8. The second-order valence-corrected chi connectivity index (χ2v) is 8.49. The average molecular weight is 467 g/mol. The van der Waals surface area contributed by atoms with Crippen molar-refractivity contribution in [1.82, 2.24) is 0 Å². The van der Waals surface area contributed by atoms with Crippen molar-refractivity contribution < 1.29 is 29.3 Å². The summed E-state index contributed by atoms with van der Waals surface area (Å²) in [6.07, 6.45) is 1.42. The number of hydrogen-bond acceptors (Lipinski definition) is 6. The first-order valence-corrected chi connectivity index (χ1v) is 11.4. The number of ether oxygens (including phenoxy) is 2. The molecule has 0 unspecified atom stereocenters. The molecule has 2 N–H and O–H groups in total. The predicted octanol–water partition coefficient (Wildman–Crippen LogP) is 5.85. The van der Waals surface area contributed by atoms with Crippen LogP contribution in [-0.2, 0) is 6.42 Å². The summed E-state index contributed by atoms with van der Waals surface area (Å²) >= 11 is 1.51. The first kappa shape index (κ1) is 24.2. The molecule has 0 aliphatic carbocycles. The van der Waals surface area contributed by atoms with Gasteiger partial charge in [-0.15, -0.1) is 0 Å². The summed E-state index contributed by atoms with van der Waals surface area (Å²) < 4.78 is 11.6. The topological polar surface area (TPSA) is 93.1 Å². The second-order valence-electron chi connectivity index (χ2n) is 7.35. The summed E-state index contributed by atoms with van der Waals surface area (Å²) in [5, 5.41) is 19.4. The third kappa shape index (κ3) is 6.52. The molecule has 3 rings (SSSR count). The molecule has 0 bridgehead atoms. The molecule has 0 spiro atoms. The lowest BCUT2D eigenvalue weighted by Gasteiger charge is -2.15. The van der Waals surface area contributed by atoms with Gasteiger partial charge in [-0.25, -0.2) is 4.79 Å². The minimum Gasteiger partial charge on any atom is -0.507 e. The smallest absolute Gasteiger partial charge is 0.335 e. The first-order valence-electron chi connectivity index (χ1n) is 10.6. The van der Waals surface area contributed by atoms with Gasteiger partial charge in [-0.2, -0.15) is 0 Å². The predicted molar refractivity (Wildman–Crippen MR) is 127 cm³/mol. The lowest BCUT2D eigenvalue weighted by Crippen LogP contribution is -2.10. The van der Waals surface area contributed by atoms with E-state index in [1.54, 1.807) is 36.4 Å². The molecule has 0 fully saturated rings. The number of rotatable bonds is 11. The maximum absolute atomic E-state index is 11.7. The normalized spacial score (nSPS) is 10.6. The third-order valence-electron chi connectivity index (χ3n) is 4.87. The van der Waals surface area contributed by atoms with Crippen LogP contribution in [0.2, 0.25) is 0 Å². The first-order chi connectivity index (χ1) is 15.9. The highest BCUT2D eigenvalue weighted by molar-refractivity contribution is 7.99. The highest BCUT2D eigenvalue weighted by Gasteiger charge is 2.16. The van der Waals surface area contributed by atoms with Gasteiger partial charge in [0.25, 0.3) is 0 Å². The number of ketones is 1. The number of phenols is 1. The molecule has 0 saturated carbocycles.